The molecule has 0 spiro atoms. The normalized spacial score (nSPS) is 11.7. The predicted molar refractivity (Wildman–Crippen MR) is 72.8 cm³/mol. The van der Waals surface area contributed by atoms with Crippen molar-refractivity contribution in [3.63, 3.8) is 0 Å². The monoisotopic (exact) mass is 308 g/mol. The van der Waals surface area contributed by atoms with E-state index in [0.717, 1.165) is 17.4 Å². The molecule has 0 radical (unpaired) electrons. The van der Waals surface area contributed by atoms with Gasteiger partial charge in [0.05, 0.1) is 11.0 Å². The van der Waals surface area contributed by atoms with Crippen LogP contribution in [0.15, 0.2) is 24.3 Å². The zero-order chi connectivity index (χ0) is 15.6. The molecule has 0 saturated heterocycles. The van der Waals surface area contributed by atoms with Gasteiger partial charge in [0.15, 0.2) is 0 Å². The number of ether oxygens (including phenoxy) is 1. The number of aliphatic hydroxyl groups excluding tert-OH is 1. The van der Waals surface area contributed by atoms with Crippen LogP contribution in [0, 0.1) is 27.3 Å². The van der Waals surface area contributed by atoms with Gasteiger partial charge in [-0.25, -0.2) is 4.39 Å². The standard InChI is InChI=1S/C13H9FN2O4S/c1-7(17)12-5-10(16(18)19)13(21-12)20-11-4-2-3-9(14)8(11)6-15/h2-5,7,17H,1H3/t7-/m1/s1. The largest absolute Gasteiger partial charge is 0.438 e. The van der Waals surface area contributed by atoms with Crippen molar-refractivity contribution in [1.29, 1.82) is 5.26 Å². The van der Waals surface area contributed by atoms with E-state index in [1.165, 1.54) is 25.1 Å². The van der Waals surface area contributed by atoms with E-state index in [1.54, 1.807) is 6.07 Å². The summed E-state index contributed by atoms with van der Waals surface area (Å²) in [7, 11) is 0. The van der Waals surface area contributed by atoms with E-state index in [1.807, 2.05) is 0 Å². The first kappa shape index (κ1) is 14.9. The molecular weight excluding hydrogens is 299 g/mol. The minimum Gasteiger partial charge on any atom is -0.438 e. The van der Waals surface area contributed by atoms with Crippen LogP contribution in [0.5, 0.6) is 10.8 Å². The van der Waals surface area contributed by atoms with Crippen LogP contribution in [0.3, 0.4) is 0 Å². The summed E-state index contributed by atoms with van der Waals surface area (Å²) < 4.78 is 18.8. The number of benzene rings is 1. The lowest BCUT2D eigenvalue weighted by Gasteiger charge is -2.05. The number of nitriles is 1. The van der Waals surface area contributed by atoms with E-state index in [9.17, 15) is 19.6 Å². The highest BCUT2D eigenvalue weighted by Crippen LogP contribution is 2.42. The molecule has 21 heavy (non-hydrogen) atoms. The Hall–Kier alpha value is -2.50. The Morgan fingerprint density at radius 1 is 1.57 bits per heavy atom. The Balaban J connectivity index is 2.47. The molecule has 0 aliphatic carbocycles. The van der Waals surface area contributed by atoms with E-state index >= 15 is 0 Å². The first-order chi connectivity index (χ1) is 9.93. The number of halogens is 1. The van der Waals surface area contributed by atoms with Crippen molar-refractivity contribution in [2.24, 2.45) is 0 Å². The molecule has 1 heterocycles. The zero-order valence-electron chi connectivity index (χ0n) is 10.7. The van der Waals surface area contributed by atoms with Gasteiger partial charge in [0.2, 0.25) is 0 Å². The number of aliphatic hydroxyl groups is 1. The molecule has 2 rings (SSSR count). The van der Waals surface area contributed by atoms with Gasteiger partial charge >= 0.3 is 5.69 Å². The molecule has 0 aliphatic heterocycles. The van der Waals surface area contributed by atoms with E-state index in [4.69, 9.17) is 10.00 Å². The first-order valence-electron chi connectivity index (χ1n) is 5.76. The molecule has 0 aliphatic rings. The van der Waals surface area contributed by atoms with E-state index < -0.39 is 16.8 Å². The summed E-state index contributed by atoms with van der Waals surface area (Å²) in [6, 6.07) is 6.61. The van der Waals surface area contributed by atoms with Crippen LogP contribution < -0.4 is 4.74 Å². The van der Waals surface area contributed by atoms with Crippen LogP contribution in [0.1, 0.15) is 23.5 Å². The van der Waals surface area contributed by atoms with Crippen molar-refractivity contribution in [2.45, 2.75) is 13.0 Å². The van der Waals surface area contributed by atoms with Gasteiger partial charge in [0, 0.05) is 10.9 Å². The fourth-order valence-corrected chi connectivity index (χ4v) is 2.51. The second kappa shape index (κ2) is 5.87. The predicted octanol–water partition coefficient (Wildman–Crippen LogP) is 3.51. The van der Waals surface area contributed by atoms with Crippen LogP contribution in [0.2, 0.25) is 0 Å². The van der Waals surface area contributed by atoms with Gasteiger partial charge in [0.25, 0.3) is 5.06 Å². The zero-order valence-corrected chi connectivity index (χ0v) is 11.6. The fraction of sp³-hybridized carbons (Fsp3) is 0.154. The second-order valence-electron chi connectivity index (χ2n) is 4.08. The Morgan fingerprint density at radius 2 is 2.29 bits per heavy atom. The van der Waals surface area contributed by atoms with E-state index in [0.29, 0.717) is 4.88 Å². The summed E-state index contributed by atoms with van der Waals surface area (Å²) in [6.45, 7) is 1.46. The molecule has 6 nitrogen and oxygen atoms in total. The lowest BCUT2D eigenvalue weighted by atomic mass is 10.2. The molecule has 0 saturated carbocycles. The third-order valence-electron chi connectivity index (χ3n) is 2.60. The fourth-order valence-electron chi connectivity index (χ4n) is 1.59. The molecule has 1 atom stereocenters. The summed E-state index contributed by atoms with van der Waals surface area (Å²) in [5.41, 5.74) is -0.678. The van der Waals surface area contributed by atoms with Gasteiger partial charge in [0.1, 0.15) is 23.2 Å². The molecule has 1 aromatic heterocycles. The SMILES string of the molecule is C[C@@H](O)c1cc([N+](=O)[O-])c(Oc2cccc(F)c2C#N)s1. The van der Waals surface area contributed by atoms with Crippen LogP contribution in [-0.2, 0) is 0 Å². The van der Waals surface area contributed by atoms with Crippen molar-refractivity contribution in [1.82, 2.24) is 0 Å². The van der Waals surface area contributed by atoms with E-state index in [2.05, 4.69) is 0 Å². The van der Waals surface area contributed by atoms with Crippen molar-refractivity contribution in [2.75, 3.05) is 0 Å². The molecule has 8 heteroatoms. The molecule has 0 bridgehead atoms. The highest BCUT2D eigenvalue weighted by molar-refractivity contribution is 7.14. The number of nitro groups is 1. The average Bonchev–Trinajstić information content (AvgIpc) is 2.83. The highest BCUT2D eigenvalue weighted by atomic mass is 32.1. The molecule has 1 aromatic carbocycles. The second-order valence-corrected chi connectivity index (χ2v) is 5.13. The van der Waals surface area contributed by atoms with Crippen LogP contribution in [0.25, 0.3) is 0 Å². The number of thiophene rings is 1. The molecular formula is C13H9FN2O4S. The quantitative estimate of drug-likeness (QED) is 0.688. The van der Waals surface area contributed by atoms with E-state index in [-0.39, 0.29) is 22.1 Å². The van der Waals surface area contributed by atoms with Crippen LogP contribution in [0.4, 0.5) is 10.1 Å². The summed E-state index contributed by atoms with van der Waals surface area (Å²) in [5.74, 6) is -0.885. The lowest BCUT2D eigenvalue weighted by Crippen LogP contribution is -1.93. The maximum Gasteiger partial charge on any atom is 0.323 e. The number of hydrogen-bond donors (Lipinski definition) is 1. The van der Waals surface area contributed by atoms with Crippen LogP contribution in [-0.4, -0.2) is 10.0 Å². The van der Waals surface area contributed by atoms with Crippen LogP contribution >= 0.6 is 11.3 Å². The Morgan fingerprint density at radius 3 is 2.86 bits per heavy atom. The minimum absolute atomic E-state index is 0.111. The Bertz CT molecular complexity index is 736. The topological polar surface area (TPSA) is 96.4 Å². The highest BCUT2D eigenvalue weighted by Gasteiger charge is 2.24. The third kappa shape index (κ3) is 2.99. The molecule has 0 amide bonds. The number of nitrogens with zero attached hydrogens (tertiary/aromatic N) is 2. The first-order valence-corrected chi connectivity index (χ1v) is 6.58. The summed E-state index contributed by atoms with van der Waals surface area (Å²) in [4.78, 5) is 10.7. The smallest absolute Gasteiger partial charge is 0.323 e. The maximum atomic E-state index is 13.5. The van der Waals surface area contributed by atoms with Gasteiger partial charge in [-0.15, -0.1) is 0 Å². The van der Waals surface area contributed by atoms with Crippen molar-refractivity contribution < 1.29 is 19.2 Å². The Kier molecular flexibility index (Phi) is 4.16. The molecule has 108 valence electrons. The summed E-state index contributed by atoms with van der Waals surface area (Å²) >= 11 is 0.870. The van der Waals surface area contributed by atoms with Gasteiger partial charge in [-0.2, -0.15) is 5.26 Å². The summed E-state index contributed by atoms with van der Waals surface area (Å²) in [6.07, 6.45) is -0.894. The molecule has 0 fully saturated rings. The molecule has 0 unspecified atom stereocenters. The minimum atomic E-state index is -0.894. The average molecular weight is 308 g/mol. The van der Waals surface area contributed by atoms with Crippen molar-refractivity contribution in [3.05, 3.63) is 50.6 Å². The van der Waals surface area contributed by atoms with Crippen molar-refractivity contribution >= 4 is 17.0 Å². The van der Waals surface area contributed by atoms with Gasteiger partial charge < -0.3 is 9.84 Å². The lowest BCUT2D eigenvalue weighted by molar-refractivity contribution is -0.385. The number of rotatable bonds is 4. The third-order valence-corrected chi connectivity index (χ3v) is 3.77. The Labute approximate surface area is 122 Å². The summed E-state index contributed by atoms with van der Waals surface area (Å²) in [5, 5.41) is 29.3. The molecule has 1 N–H and O–H groups in total. The maximum absolute atomic E-state index is 13.5. The van der Waals surface area contributed by atoms with Crippen molar-refractivity contribution in [3.8, 4) is 16.9 Å². The molecule has 2 aromatic rings. The van der Waals surface area contributed by atoms with Gasteiger partial charge in [-0.3, -0.25) is 10.1 Å². The number of hydrogen-bond acceptors (Lipinski definition) is 6. The van der Waals surface area contributed by atoms with Gasteiger partial charge in [-0.1, -0.05) is 17.4 Å². The van der Waals surface area contributed by atoms with Gasteiger partial charge in [-0.05, 0) is 19.1 Å².